The van der Waals surface area contributed by atoms with E-state index in [4.69, 9.17) is 10.5 Å². The highest BCUT2D eigenvalue weighted by Crippen LogP contribution is 2.42. The second-order valence-corrected chi connectivity index (χ2v) is 6.82. The third kappa shape index (κ3) is 3.40. The van der Waals surface area contributed by atoms with Gasteiger partial charge in [-0.25, -0.2) is 9.18 Å². The van der Waals surface area contributed by atoms with E-state index in [2.05, 4.69) is 0 Å². The van der Waals surface area contributed by atoms with Gasteiger partial charge in [-0.3, -0.25) is 4.90 Å². The molecule has 0 aromatic heterocycles. The molecule has 122 valence electrons. The Bertz CT molecular complexity index is 542. The van der Waals surface area contributed by atoms with Crippen molar-refractivity contribution in [1.29, 1.82) is 0 Å². The van der Waals surface area contributed by atoms with E-state index >= 15 is 0 Å². The standard InChI is InChI=1S/C17H25FN2O2/c1-16(2,3)22-15(21)20-11-5-8-17(20,9-10-19)13-6-4-7-14(18)12-13/h4,6-7,12H,5,8-11,19H2,1-3H3. The van der Waals surface area contributed by atoms with E-state index < -0.39 is 11.1 Å². The first kappa shape index (κ1) is 16.7. The van der Waals surface area contributed by atoms with Gasteiger partial charge < -0.3 is 10.5 Å². The van der Waals surface area contributed by atoms with Crippen molar-refractivity contribution in [3.05, 3.63) is 35.6 Å². The minimum atomic E-state index is -0.570. The smallest absolute Gasteiger partial charge is 0.411 e. The van der Waals surface area contributed by atoms with Gasteiger partial charge in [0.1, 0.15) is 11.4 Å². The summed E-state index contributed by atoms with van der Waals surface area (Å²) < 4.78 is 19.2. The Morgan fingerprint density at radius 2 is 2.18 bits per heavy atom. The lowest BCUT2D eigenvalue weighted by Crippen LogP contribution is -2.48. The topological polar surface area (TPSA) is 55.6 Å². The average Bonchev–Trinajstić information content (AvgIpc) is 2.82. The Labute approximate surface area is 131 Å². The van der Waals surface area contributed by atoms with E-state index in [-0.39, 0.29) is 11.9 Å². The van der Waals surface area contributed by atoms with Crippen molar-refractivity contribution in [3.63, 3.8) is 0 Å². The van der Waals surface area contributed by atoms with Gasteiger partial charge in [-0.15, -0.1) is 0 Å². The molecule has 1 aromatic carbocycles. The Morgan fingerprint density at radius 1 is 1.45 bits per heavy atom. The van der Waals surface area contributed by atoms with Crippen LogP contribution in [0.1, 0.15) is 45.6 Å². The van der Waals surface area contributed by atoms with Crippen molar-refractivity contribution in [2.75, 3.05) is 13.1 Å². The number of nitrogens with two attached hydrogens (primary N) is 1. The number of halogens is 1. The predicted octanol–water partition coefficient (Wildman–Crippen LogP) is 3.40. The number of nitrogens with zero attached hydrogens (tertiary/aromatic N) is 1. The lowest BCUT2D eigenvalue weighted by atomic mass is 9.84. The van der Waals surface area contributed by atoms with E-state index in [0.29, 0.717) is 19.5 Å². The van der Waals surface area contributed by atoms with Crippen LogP contribution >= 0.6 is 0 Å². The Balaban J connectivity index is 2.38. The van der Waals surface area contributed by atoms with Crippen molar-refractivity contribution in [1.82, 2.24) is 4.90 Å². The summed E-state index contributed by atoms with van der Waals surface area (Å²) in [5, 5.41) is 0. The van der Waals surface area contributed by atoms with E-state index in [0.717, 1.165) is 18.4 Å². The van der Waals surface area contributed by atoms with Crippen LogP contribution in [0.25, 0.3) is 0 Å². The molecule has 0 aliphatic carbocycles. The molecule has 1 aromatic rings. The molecule has 0 bridgehead atoms. The lowest BCUT2D eigenvalue weighted by Gasteiger charge is -2.39. The molecule has 1 aliphatic heterocycles. The number of carbonyl (C=O) groups excluding carboxylic acids is 1. The van der Waals surface area contributed by atoms with Gasteiger partial charge in [0.25, 0.3) is 0 Å². The summed E-state index contributed by atoms with van der Waals surface area (Å²) in [7, 11) is 0. The van der Waals surface area contributed by atoms with Crippen LogP contribution in [0, 0.1) is 5.82 Å². The first-order chi connectivity index (χ1) is 10.3. The monoisotopic (exact) mass is 308 g/mol. The van der Waals surface area contributed by atoms with Crippen LogP contribution < -0.4 is 5.73 Å². The molecule has 1 unspecified atom stereocenters. The number of hydrogen-bond donors (Lipinski definition) is 1. The van der Waals surface area contributed by atoms with Crippen LogP contribution in [0.5, 0.6) is 0 Å². The van der Waals surface area contributed by atoms with E-state index in [1.54, 1.807) is 11.0 Å². The zero-order valence-electron chi connectivity index (χ0n) is 13.6. The predicted molar refractivity (Wildman–Crippen MR) is 83.9 cm³/mol. The largest absolute Gasteiger partial charge is 0.444 e. The fourth-order valence-electron chi connectivity index (χ4n) is 3.18. The fourth-order valence-corrected chi connectivity index (χ4v) is 3.18. The number of benzene rings is 1. The minimum Gasteiger partial charge on any atom is -0.444 e. The number of amides is 1. The Kier molecular flexibility index (Phi) is 4.75. The zero-order valence-corrected chi connectivity index (χ0v) is 13.6. The molecule has 0 spiro atoms. The summed E-state index contributed by atoms with van der Waals surface area (Å²) in [5.74, 6) is -0.301. The summed E-state index contributed by atoms with van der Waals surface area (Å²) in [5.41, 5.74) is 5.45. The maximum Gasteiger partial charge on any atom is 0.411 e. The normalized spacial score (nSPS) is 22.0. The van der Waals surface area contributed by atoms with E-state index in [9.17, 15) is 9.18 Å². The van der Waals surface area contributed by atoms with Crippen molar-refractivity contribution in [2.24, 2.45) is 5.73 Å². The summed E-state index contributed by atoms with van der Waals surface area (Å²) >= 11 is 0. The molecular formula is C17H25FN2O2. The highest BCUT2D eigenvalue weighted by atomic mass is 19.1. The third-order valence-electron chi connectivity index (χ3n) is 4.02. The molecule has 2 rings (SSSR count). The van der Waals surface area contributed by atoms with Gasteiger partial charge in [0, 0.05) is 6.54 Å². The maximum atomic E-state index is 13.7. The SMILES string of the molecule is CC(C)(C)OC(=O)N1CCCC1(CCN)c1cccc(F)c1. The molecule has 0 radical (unpaired) electrons. The van der Waals surface area contributed by atoms with Crippen molar-refractivity contribution < 1.29 is 13.9 Å². The first-order valence-corrected chi connectivity index (χ1v) is 7.75. The van der Waals surface area contributed by atoms with Crippen molar-refractivity contribution in [2.45, 2.75) is 51.2 Å². The van der Waals surface area contributed by atoms with E-state index in [1.165, 1.54) is 12.1 Å². The quantitative estimate of drug-likeness (QED) is 0.931. The second-order valence-electron chi connectivity index (χ2n) is 6.82. The van der Waals surface area contributed by atoms with Crippen LogP contribution in [-0.4, -0.2) is 29.7 Å². The lowest BCUT2D eigenvalue weighted by molar-refractivity contribution is 0.00553. The minimum absolute atomic E-state index is 0.301. The molecule has 4 nitrogen and oxygen atoms in total. The molecule has 1 heterocycles. The summed E-state index contributed by atoms with van der Waals surface area (Å²) in [4.78, 5) is 14.3. The number of likely N-dealkylation sites (tertiary alicyclic amines) is 1. The molecule has 1 saturated heterocycles. The van der Waals surface area contributed by atoms with Gasteiger partial charge in [0.05, 0.1) is 5.54 Å². The van der Waals surface area contributed by atoms with Crippen molar-refractivity contribution >= 4 is 6.09 Å². The zero-order chi connectivity index (χ0) is 16.4. The highest BCUT2D eigenvalue weighted by Gasteiger charge is 2.46. The first-order valence-electron chi connectivity index (χ1n) is 7.75. The highest BCUT2D eigenvalue weighted by molar-refractivity contribution is 5.70. The molecule has 1 fully saturated rings. The van der Waals surface area contributed by atoms with Crippen LogP contribution in [0.15, 0.2) is 24.3 Å². The number of carbonyl (C=O) groups is 1. The third-order valence-corrected chi connectivity index (χ3v) is 4.02. The van der Waals surface area contributed by atoms with Crippen LogP contribution in [-0.2, 0) is 10.3 Å². The molecule has 1 amide bonds. The van der Waals surface area contributed by atoms with Gasteiger partial charge in [-0.2, -0.15) is 0 Å². The summed E-state index contributed by atoms with van der Waals surface area (Å²) in [6.07, 6.45) is 1.86. The average molecular weight is 308 g/mol. The van der Waals surface area contributed by atoms with Gasteiger partial charge in [0.2, 0.25) is 0 Å². The molecule has 1 atom stereocenters. The molecular weight excluding hydrogens is 283 g/mol. The maximum absolute atomic E-state index is 13.7. The molecule has 1 aliphatic rings. The molecule has 0 saturated carbocycles. The van der Waals surface area contributed by atoms with Crippen LogP contribution in [0.3, 0.4) is 0 Å². The van der Waals surface area contributed by atoms with Gasteiger partial charge >= 0.3 is 6.09 Å². The van der Waals surface area contributed by atoms with Gasteiger partial charge in [-0.1, -0.05) is 12.1 Å². The fraction of sp³-hybridized carbons (Fsp3) is 0.588. The summed E-state index contributed by atoms with van der Waals surface area (Å²) in [6, 6.07) is 6.45. The second kappa shape index (κ2) is 6.24. The number of hydrogen-bond acceptors (Lipinski definition) is 3. The van der Waals surface area contributed by atoms with Crippen LogP contribution in [0.4, 0.5) is 9.18 Å². The summed E-state index contributed by atoms with van der Waals surface area (Å²) in [6.45, 7) is 6.55. The Hall–Kier alpha value is -1.62. The number of ether oxygens (including phenoxy) is 1. The van der Waals surface area contributed by atoms with Gasteiger partial charge in [-0.05, 0) is 64.3 Å². The van der Waals surface area contributed by atoms with Crippen molar-refractivity contribution in [3.8, 4) is 0 Å². The van der Waals surface area contributed by atoms with E-state index in [1.807, 2.05) is 26.8 Å². The number of rotatable bonds is 3. The molecule has 5 heteroatoms. The Morgan fingerprint density at radius 3 is 2.77 bits per heavy atom. The molecule has 2 N–H and O–H groups in total. The molecule has 22 heavy (non-hydrogen) atoms. The van der Waals surface area contributed by atoms with Crippen LogP contribution in [0.2, 0.25) is 0 Å². The van der Waals surface area contributed by atoms with Gasteiger partial charge in [0.15, 0.2) is 0 Å².